The number of carbonyl (C=O) groups is 5. The van der Waals surface area contributed by atoms with Gasteiger partial charge in [-0.2, -0.15) is 0 Å². The number of aromatic hydroxyl groups is 3. The summed E-state index contributed by atoms with van der Waals surface area (Å²) in [6.07, 6.45) is 1.17. The Hall–Kier alpha value is -4.21. The number of hydrogen-bond acceptors (Lipinski definition) is 8. The Morgan fingerprint density at radius 2 is 1.06 bits per heavy atom. The number of phenols is 3. The molecule has 0 radical (unpaired) electrons. The predicted molar refractivity (Wildman–Crippen MR) is 106 cm³/mol. The maximum Gasteiger partial charge on any atom is 0.254 e. The Balaban J connectivity index is 1.74. The molecule has 1 aliphatic rings. The SMILES string of the molecule is O=Cc1cc(C(=O)N2CCN(C(=O)c3cc(O)c(O)c(O)c3)CC2)cc(C=O)c1C=O. The molecule has 2 amide bonds. The molecule has 1 heterocycles. The molecule has 0 aromatic heterocycles. The van der Waals surface area contributed by atoms with Crippen molar-refractivity contribution in [3.8, 4) is 17.2 Å². The van der Waals surface area contributed by atoms with E-state index in [9.17, 15) is 39.3 Å². The minimum absolute atomic E-state index is 0.0247. The van der Waals surface area contributed by atoms with E-state index in [-0.39, 0.29) is 54.0 Å². The van der Waals surface area contributed by atoms with Crippen LogP contribution >= 0.6 is 0 Å². The van der Waals surface area contributed by atoms with Crippen molar-refractivity contribution in [2.75, 3.05) is 26.2 Å². The molecular formula is C21H18N2O8. The van der Waals surface area contributed by atoms with Crippen LogP contribution in [-0.2, 0) is 0 Å². The lowest BCUT2D eigenvalue weighted by Gasteiger charge is -2.35. The zero-order valence-corrected chi connectivity index (χ0v) is 16.1. The first kappa shape index (κ1) is 21.5. The smallest absolute Gasteiger partial charge is 0.254 e. The molecule has 1 saturated heterocycles. The van der Waals surface area contributed by atoms with E-state index in [0.29, 0.717) is 18.9 Å². The van der Waals surface area contributed by atoms with Crippen LogP contribution in [0.15, 0.2) is 24.3 Å². The first-order valence-corrected chi connectivity index (χ1v) is 9.17. The van der Waals surface area contributed by atoms with E-state index in [1.165, 1.54) is 21.9 Å². The van der Waals surface area contributed by atoms with E-state index >= 15 is 0 Å². The number of piperazine rings is 1. The fourth-order valence-corrected chi connectivity index (χ4v) is 3.36. The Kier molecular flexibility index (Phi) is 6.00. The summed E-state index contributed by atoms with van der Waals surface area (Å²) >= 11 is 0. The van der Waals surface area contributed by atoms with E-state index in [1.54, 1.807) is 0 Å². The van der Waals surface area contributed by atoms with Crippen LogP contribution in [0.3, 0.4) is 0 Å². The van der Waals surface area contributed by atoms with Crippen molar-refractivity contribution in [1.82, 2.24) is 9.80 Å². The van der Waals surface area contributed by atoms with Crippen LogP contribution in [0.1, 0.15) is 51.8 Å². The number of hydrogen-bond donors (Lipinski definition) is 3. The molecular weight excluding hydrogens is 408 g/mol. The Morgan fingerprint density at radius 3 is 1.42 bits per heavy atom. The van der Waals surface area contributed by atoms with Crippen molar-refractivity contribution in [3.05, 3.63) is 52.1 Å². The van der Waals surface area contributed by atoms with E-state index in [1.807, 2.05) is 0 Å². The highest BCUT2D eigenvalue weighted by atomic mass is 16.3. The molecule has 10 heteroatoms. The molecule has 2 aromatic rings. The number of benzene rings is 2. The molecule has 0 bridgehead atoms. The topological polar surface area (TPSA) is 153 Å². The zero-order valence-electron chi connectivity index (χ0n) is 16.1. The second-order valence-corrected chi connectivity index (χ2v) is 6.87. The lowest BCUT2D eigenvalue weighted by molar-refractivity contribution is 0.0535. The Labute approximate surface area is 175 Å². The number of rotatable bonds is 5. The van der Waals surface area contributed by atoms with Gasteiger partial charge in [0, 0.05) is 54.0 Å². The maximum absolute atomic E-state index is 12.8. The summed E-state index contributed by atoms with van der Waals surface area (Å²) in [5.74, 6) is -2.95. The van der Waals surface area contributed by atoms with Crippen LogP contribution in [-0.4, -0.2) is 82.0 Å². The molecule has 0 unspecified atom stereocenters. The number of phenolic OH excluding ortho intramolecular Hbond substituents is 3. The van der Waals surface area contributed by atoms with Crippen molar-refractivity contribution in [2.45, 2.75) is 0 Å². The molecule has 160 valence electrons. The minimum Gasteiger partial charge on any atom is -0.504 e. The highest BCUT2D eigenvalue weighted by molar-refractivity contribution is 6.04. The molecule has 0 spiro atoms. The molecule has 3 rings (SSSR count). The standard InChI is InChI=1S/C21H18N2O8/c24-9-14-5-12(6-15(10-25)16(14)11-26)20(30)22-1-3-23(4-2-22)21(31)13-7-17(27)19(29)18(28)8-13/h5-11,27-29H,1-4H2. The second kappa shape index (κ2) is 8.66. The largest absolute Gasteiger partial charge is 0.504 e. The van der Waals surface area contributed by atoms with Crippen molar-refractivity contribution < 1.29 is 39.3 Å². The summed E-state index contributed by atoms with van der Waals surface area (Å²) in [7, 11) is 0. The third-order valence-corrected chi connectivity index (χ3v) is 5.03. The van der Waals surface area contributed by atoms with Crippen LogP contribution < -0.4 is 0 Å². The van der Waals surface area contributed by atoms with Gasteiger partial charge in [0.1, 0.15) is 0 Å². The van der Waals surface area contributed by atoms with E-state index in [0.717, 1.165) is 12.1 Å². The number of aldehydes is 3. The molecule has 0 atom stereocenters. The van der Waals surface area contributed by atoms with Crippen LogP contribution in [0.2, 0.25) is 0 Å². The Bertz CT molecular complexity index is 1030. The third-order valence-electron chi connectivity index (χ3n) is 5.03. The van der Waals surface area contributed by atoms with Crippen molar-refractivity contribution in [1.29, 1.82) is 0 Å². The normalized spacial score (nSPS) is 13.5. The van der Waals surface area contributed by atoms with Gasteiger partial charge in [-0.3, -0.25) is 24.0 Å². The van der Waals surface area contributed by atoms with Crippen molar-refractivity contribution in [2.24, 2.45) is 0 Å². The second-order valence-electron chi connectivity index (χ2n) is 6.87. The summed E-state index contributed by atoms with van der Waals surface area (Å²) in [6.45, 7) is 0.618. The lowest BCUT2D eigenvalue weighted by atomic mass is 9.99. The van der Waals surface area contributed by atoms with E-state index < -0.39 is 29.1 Å². The van der Waals surface area contributed by atoms with Gasteiger partial charge in [0.25, 0.3) is 11.8 Å². The van der Waals surface area contributed by atoms with Gasteiger partial charge in [0.2, 0.25) is 0 Å². The van der Waals surface area contributed by atoms with Gasteiger partial charge < -0.3 is 25.1 Å². The van der Waals surface area contributed by atoms with E-state index in [2.05, 4.69) is 0 Å². The molecule has 1 fully saturated rings. The van der Waals surface area contributed by atoms with Crippen molar-refractivity contribution >= 4 is 30.7 Å². The maximum atomic E-state index is 12.8. The first-order chi connectivity index (χ1) is 14.8. The number of nitrogens with zero attached hydrogens (tertiary/aromatic N) is 2. The molecule has 10 nitrogen and oxygen atoms in total. The summed E-state index contributed by atoms with van der Waals surface area (Å²) in [6, 6.07) is 4.55. The van der Waals surface area contributed by atoms with Gasteiger partial charge >= 0.3 is 0 Å². The molecule has 3 N–H and O–H groups in total. The van der Waals surface area contributed by atoms with Crippen LogP contribution in [0.4, 0.5) is 0 Å². The van der Waals surface area contributed by atoms with Gasteiger partial charge in [-0.05, 0) is 24.3 Å². The quantitative estimate of drug-likeness (QED) is 0.470. The summed E-state index contributed by atoms with van der Waals surface area (Å²) in [4.78, 5) is 61.9. The highest BCUT2D eigenvalue weighted by Gasteiger charge is 2.27. The predicted octanol–water partition coefficient (Wildman–Crippen LogP) is 0.839. The highest BCUT2D eigenvalue weighted by Crippen LogP contribution is 2.35. The molecule has 1 aliphatic heterocycles. The van der Waals surface area contributed by atoms with Crippen molar-refractivity contribution in [3.63, 3.8) is 0 Å². The average molecular weight is 426 g/mol. The first-order valence-electron chi connectivity index (χ1n) is 9.17. The monoisotopic (exact) mass is 426 g/mol. The summed E-state index contributed by atoms with van der Waals surface area (Å²) < 4.78 is 0. The molecule has 0 aliphatic carbocycles. The lowest BCUT2D eigenvalue weighted by Crippen LogP contribution is -2.50. The zero-order chi connectivity index (χ0) is 22.7. The summed E-state index contributed by atoms with van der Waals surface area (Å²) in [5, 5.41) is 28.6. The fourth-order valence-electron chi connectivity index (χ4n) is 3.36. The van der Waals surface area contributed by atoms with Gasteiger partial charge in [0.05, 0.1) is 0 Å². The Morgan fingerprint density at radius 1 is 0.677 bits per heavy atom. The number of carbonyl (C=O) groups excluding carboxylic acids is 5. The molecule has 0 saturated carbocycles. The van der Waals surface area contributed by atoms with Gasteiger partial charge in [-0.25, -0.2) is 0 Å². The summed E-state index contributed by atoms with van der Waals surface area (Å²) in [5.41, 5.74) is -0.170. The number of amides is 2. The van der Waals surface area contributed by atoms with Gasteiger partial charge in [-0.15, -0.1) is 0 Å². The fraction of sp³-hybridized carbons (Fsp3) is 0.190. The van der Waals surface area contributed by atoms with Crippen LogP contribution in [0, 0.1) is 0 Å². The van der Waals surface area contributed by atoms with Gasteiger partial charge in [0.15, 0.2) is 36.1 Å². The van der Waals surface area contributed by atoms with Gasteiger partial charge in [-0.1, -0.05) is 0 Å². The van der Waals surface area contributed by atoms with E-state index in [4.69, 9.17) is 0 Å². The van der Waals surface area contributed by atoms with Crippen LogP contribution in [0.25, 0.3) is 0 Å². The minimum atomic E-state index is -0.725. The van der Waals surface area contributed by atoms with Crippen LogP contribution in [0.5, 0.6) is 17.2 Å². The third kappa shape index (κ3) is 4.08. The average Bonchev–Trinajstić information content (AvgIpc) is 2.80. The molecule has 31 heavy (non-hydrogen) atoms. The molecule has 2 aromatic carbocycles.